The van der Waals surface area contributed by atoms with Crippen molar-refractivity contribution in [1.82, 2.24) is 19.8 Å². The highest BCUT2D eigenvalue weighted by molar-refractivity contribution is 7.20. The molecule has 3 unspecified atom stereocenters. The van der Waals surface area contributed by atoms with E-state index < -0.39 is 0 Å². The summed E-state index contributed by atoms with van der Waals surface area (Å²) < 4.78 is 6.62. The lowest BCUT2D eigenvalue weighted by Crippen LogP contribution is -2.43. The SMILES string of the molecule is Cc1c(C(=O)NC2CCCC(C)C2C)sc2ncn(CC(=O)N3CCOCC3)c(=O)c12. The van der Waals surface area contributed by atoms with Gasteiger partial charge in [0, 0.05) is 19.1 Å². The molecule has 3 atom stereocenters. The summed E-state index contributed by atoms with van der Waals surface area (Å²) in [6.45, 7) is 8.24. The number of rotatable bonds is 4. The summed E-state index contributed by atoms with van der Waals surface area (Å²) in [4.78, 5) is 45.8. The van der Waals surface area contributed by atoms with Crippen LogP contribution >= 0.6 is 11.3 Å². The molecule has 1 N–H and O–H groups in total. The Morgan fingerprint density at radius 2 is 2.00 bits per heavy atom. The fraction of sp³-hybridized carbons (Fsp3) is 0.636. The molecule has 0 spiro atoms. The molecule has 2 amide bonds. The maximum atomic E-state index is 13.1. The van der Waals surface area contributed by atoms with Gasteiger partial charge in [-0.2, -0.15) is 0 Å². The molecule has 0 radical (unpaired) electrons. The van der Waals surface area contributed by atoms with E-state index in [0.717, 1.165) is 12.8 Å². The van der Waals surface area contributed by atoms with Crippen molar-refractivity contribution >= 4 is 33.4 Å². The lowest BCUT2D eigenvalue weighted by molar-refractivity contribution is -0.135. The number of hydrogen-bond acceptors (Lipinski definition) is 6. The van der Waals surface area contributed by atoms with Crippen LogP contribution in [0.5, 0.6) is 0 Å². The van der Waals surface area contributed by atoms with Gasteiger partial charge in [-0.25, -0.2) is 4.98 Å². The van der Waals surface area contributed by atoms with Gasteiger partial charge < -0.3 is 15.0 Å². The molecule has 2 aliphatic rings. The topological polar surface area (TPSA) is 93.5 Å². The number of ether oxygens (including phenoxy) is 1. The van der Waals surface area contributed by atoms with Crippen LogP contribution < -0.4 is 10.9 Å². The zero-order valence-electron chi connectivity index (χ0n) is 18.3. The molecule has 8 nitrogen and oxygen atoms in total. The number of thiophene rings is 1. The Morgan fingerprint density at radius 3 is 2.74 bits per heavy atom. The van der Waals surface area contributed by atoms with Gasteiger partial charge in [0.15, 0.2) is 0 Å². The number of aryl methyl sites for hydroxylation is 1. The van der Waals surface area contributed by atoms with E-state index >= 15 is 0 Å². The molecule has 2 aromatic heterocycles. The third kappa shape index (κ3) is 4.39. The van der Waals surface area contributed by atoms with Crippen molar-refractivity contribution in [3.8, 4) is 0 Å². The second kappa shape index (κ2) is 9.08. The third-order valence-corrected chi connectivity index (χ3v) is 8.01. The fourth-order valence-corrected chi connectivity index (χ4v) is 5.61. The van der Waals surface area contributed by atoms with Crippen molar-refractivity contribution in [3.05, 3.63) is 27.1 Å². The number of carbonyl (C=O) groups excluding carboxylic acids is 2. The Bertz CT molecular complexity index is 1040. The Hall–Kier alpha value is -2.26. The first kappa shape index (κ1) is 22.0. The van der Waals surface area contributed by atoms with Crippen LogP contribution in [0, 0.1) is 18.8 Å². The summed E-state index contributed by atoms with van der Waals surface area (Å²) in [5, 5.41) is 3.62. The molecule has 0 bridgehead atoms. The summed E-state index contributed by atoms with van der Waals surface area (Å²) in [5.74, 6) is 0.744. The minimum absolute atomic E-state index is 0.0595. The monoisotopic (exact) mass is 446 g/mol. The third-order valence-electron chi connectivity index (χ3n) is 6.82. The standard InChI is InChI=1S/C22H30N4O4S/c1-13-5-4-6-16(14(13)2)24-20(28)19-15(3)18-21(31-19)23-12-26(22(18)29)11-17(27)25-7-9-30-10-8-25/h12-14,16H,4-11H2,1-3H3,(H,24,28). The predicted octanol–water partition coefficient (Wildman–Crippen LogP) is 2.18. The Balaban J connectivity index is 1.56. The largest absolute Gasteiger partial charge is 0.378 e. The highest BCUT2D eigenvalue weighted by atomic mass is 32.1. The quantitative estimate of drug-likeness (QED) is 0.777. The van der Waals surface area contributed by atoms with Gasteiger partial charge in [-0.05, 0) is 30.7 Å². The maximum Gasteiger partial charge on any atom is 0.262 e. The number of hydrogen-bond donors (Lipinski definition) is 1. The molecule has 1 saturated heterocycles. The van der Waals surface area contributed by atoms with Crippen molar-refractivity contribution < 1.29 is 14.3 Å². The molecular weight excluding hydrogens is 416 g/mol. The Morgan fingerprint density at radius 1 is 1.26 bits per heavy atom. The lowest BCUT2D eigenvalue weighted by atomic mass is 9.78. The molecule has 0 aromatic carbocycles. The molecule has 4 rings (SSSR count). The average Bonchev–Trinajstić information content (AvgIpc) is 3.11. The molecule has 1 saturated carbocycles. The number of carbonyl (C=O) groups is 2. The molecular formula is C22H30N4O4S. The zero-order valence-corrected chi connectivity index (χ0v) is 19.2. The number of nitrogens with zero attached hydrogens (tertiary/aromatic N) is 3. The van der Waals surface area contributed by atoms with Crippen molar-refractivity contribution in [3.63, 3.8) is 0 Å². The Labute approximate surface area is 185 Å². The first-order chi connectivity index (χ1) is 14.9. The summed E-state index contributed by atoms with van der Waals surface area (Å²) in [5.41, 5.74) is 0.360. The number of amides is 2. The molecule has 3 heterocycles. The van der Waals surface area contributed by atoms with E-state index in [-0.39, 0.29) is 30.0 Å². The molecule has 2 aromatic rings. The van der Waals surface area contributed by atoms with Crippen LogP contribution in [0.4, 0.5) is 0 Å². The number of nitrogens with one attached hydrogen (secondary N) is 1. The molecule has 9 heteroatoms. The van der Waals surface area contributed by atoms with E-state index in [1.807, 2.05) is 0 Å². The van der Waals surface area contributed by atoms with E-state index in [2.05, 4.69) is 24.1 Å². The molecule has 31 heavy (non-hydrogen) atoms. The first-order valence-electron chi connectivity index (χ1n) is 11.0. The second-order valence-corrected chi connectivity index (χ2v) is 9.75. The molecule has 1 aliphatic heterocycles. The van der Waals surface area contributed by atoms with Crippen LogP contribution in [0.3, 0.4) is 0 Å². The fourth-order valence-electron chi connectivity index (χ4n) is 4.57. The summed E-state index contributed by atoms with van der Waals surface area (Å²) in [6.07, 6.45) is 4.70. The smallest absolute Gasteiger partial charge is 0.262 e. The number of morpholine rings is 1. The molecule has 1 aliphatic carbocycles. The van der Waals surface area contributed by atoms with E-state index in [0.29, 0.717) is 58.8 Å². The van der Waals surface area contributed by atoms with E-state index in [1.165, 1.54) is 28.7 Å². The normalized spacial score (nSPS) is 24.4. The van der Waals surface area contributed by atoms with Crippen molar-refractivity contribution in [2.24, 2.45) is 11.8 Å². The van der Waals surface area contributed by atoms with Gasteiger partial charge in [-0.1, -0.05) is 26.7 Å². The predicted molar refractivity (Wildman–Crippen MR) is 119 cm³/mol. The van der Waals surface area contributed by atoms with Crippen LogP contribution in [-0.4, -0.2) is 58.6 Å². The molecule has 168 valence electrons. The van der Waals surface area contributed by atoms with E-state index in [9.17, 15) is 14.4 Å². The van der Waals surface area contributed by atoms with Crippen molar-refractivity contribution in [1.29, 1.82) is 0 Å². The van der Waals surface area contributed by atoms with Crippen LogP contribution in [0.15, 0.2) is 11.1 Å². The van der Waals surface area contributed by atoms with Crippen LogP contribution in [0.25, 0.3) is 10.2 Å². The lowest BCUT2D eigenvalue weighted by Gasteiger charge is -2.34. The maximum absolute atomic E-state index is 13.1. The minimum Gasteiger partial charge on any atom is -0.378 e. The summed E-state index contributed by atoms with van der Waals surface area (Å²) >= 11 is 1.24. The first-order valence-corrected chi connectivity index (χ1v) is 11.8. The average molecular weight is 447 g/mol. The second-order valence-electron chi connectivity index (χ2n) is 8.75. The van der Waals surface area contributed by atoms with Crippen molar-refractivity contribution in [2.75, 3.05) is 26.3 Å². The summed E-state index contributed by atoms with van der Waals surface area (Å²) in [7, 11) is 0. The van der Waals surface area contributed by atoms with Gasteiger partial charge in [0.1, 0.15) is 11.4 Å². The van der Waals surface area contributed by atoms with Crippen LogP contribution in [-0.2, 0) is 16.1 Å². The van der Waals surface area contributed by atoms with E-state index in [1.54, 1.807) is 11.8 Å². The zero-order chi connectivity index (χ0) is 22.1. The highest BCUT2D eigenvalue weighted by Crippen LogP contribution is 2.31. The van der Waals surface area contributed by atoms with Gasteiger partial charge in [0.2, 0.25) is 5.91 Å². The van der Waals surface area contributed by atoms with Gasteiger partial charge in [0.05, 0.1) is 29.8 Å². The summed E-state index contributed by atoms with van der Waals surface area (Å²) in [6, 6.07) is 0.150. The molecule has 2 fully saturated rings. The van der Waals surface area contributed by atoms with Gasteiger partial charge >= 0.3 is 0 Å². The van der Waals surface area contributed by atoms with Crippen molar-refractivity contribution in [2.45, 2.75) is 52.6 Å². The minimum atomic E-state index is -0.279. The van der Waals surface area contributed by atoms with Crippen LogP contribution in [0.1, 0.15) is 48.3 Å². The van der Waals surface area contributed by atoms with Gasteiger partial charge in [0.25, 0.3) is 11.5 Å². The van der Waals surface area contributed by atoms with Crippen LogP contribution in [0.2, 0.25) is 0 Å². The van der Waals surface area contributed by atoms with Gasteiger partial charge in [-0.15, -0.1) is 11.3 Å². The number of aromatic nitrogens is 2. The van der Waals surface area contributed by atoms with Gasteiger partial charge in [-0.3, -0.25) is 19.0 Å². The number of fused-ring (bicyclic) bond motifs is 1. The highest BCUT2D eigenvalue weighted by Gasteiger charge is 2.30. The Kier molecular flexibility index (Phi) is 6.43. The van der Waals surface area contributed by atoms with E-state index in [4.69, 9.17) is 4.74 Å².